The Labute approximate surface area is 178 Å². The van der Waals surface area contributed by atoms with E-state index in [1.54, 1.807) is 57.2 Å². The van der Waals surface area contributed by atoms with Crippen LogP contribution in [0.5, 0.6) is 0 Å². The van der Waals surface area contributed by atoms with Gasteiger partial charge in [0.1, 0.15) is 16.4 Å². The molecule has 0 aromatic heterocycles. The summed E-state index contributed by atoms with van der Waals surface area (Å²) in [5.41, 5.74) is -0.597. The summed E-state index contributed by atoms with van der Waals surface area (Å²) >= 11 is 3.18. The van der Waals surface area contributed by atoms with Gasteiger partial charge in [0.2, 0.25) is 0 Å². The van der Waals surface area contributed by atoms with E-state index in [0.717, 1.165) is 0 Å². The smallest absolute Gasteiger partial charge is 0.424 e. The normalized spacial score (nSPS) is 12.8. The van der Waals surface area contributed by atoms with E-state index in [1.807, 2.05) is 0 Å². The van der Waals surface area contributed by atoms with Crippen molar-refractivity contribution in [3.8, 4) is 0 Å². The summed E-state index contributed by atoms with van der Waals surface area (Å²) < 4.78 is 32.5. The molecule has 0 unspecified atom stereocenters. The maximum Gasteiger partial charge on any atom is 0.424 e. The van der Waals surface area contributed by atoms with E-state index < -0.39 is 40.1 Å². The molecule has 1 atom stereocenters. The quantitative estimate of drug-likeness (QED) is 0.658. The van der Waals surface area contributed by atoms with Gasteiger partial charge in [-0.2, -0.15) is 4.31 Å². The highest BCUT2D eigenvalue weighted by atomic mass is 79.9. The molecule has 0 spiro atoms. The number of nitrogens with zero attached hydrogens (tertiary/aromatic N) is 1. The van der Waals surface area contributed by atoms with Crippen LogP contribution in [0.25, 0.3) is 0 Å². The van der Waals surface area contributed by atoms with Crippen LogP contribution in [0.3, 0.4) is 0 Å². The van der Waals surface area contributed by atoms with Gasteiger partial charge in [-0.1, -0.05) is 42.5 Å². The molecule has 2 rings (SSSR count). The molecule has 0 aliphatic rings. The largest absolute Gasteiger partial charge is 0.481 e. The van der Waals surface area contributed by atoms with Gasteiger partial charge in [-0.05, 0) is 54.4 Å². The number of hydrogen-bond donors (Lipinski definition) is 1. The fraction of sp³-hybridized carbons (Fsp3) is 0.300. The van der Waals surface area contributed by atoms with Crippen LogP contribution in [0.1, 0.15) is 32.3 Å². The van der Waals surface area contributed by atoms with E-state index >= 15 is 0 Å². The second kappa shape index (κ2) is 8.96. The average Bonchev–Trinajstić information content (AvgIpc) is 2.61. The van der Waals surface area contributed by atoms with Crippen molar-refractivity contribution in [1.29, 1.82) is 0 Å². The summed E-state index contributed by atoms with van der Waals surface area (Å²) in [5, 5.41) is 9.70. The first-order valence-electron chi connectivity index (χ1n) is 8.71. The second-order valence-corrected chi connectivity index (χ2v) is 9.93. The van der Waals surface area contributed by atoms with Crippen molar-refractivity contribution in [3.05, 3.63) is 64.6 Å². The molecule has 29 heavy (non-hydrogen) atoms. The van der Waals surface area contributed by atoms with Gasteiger partial charge in [-0.15, -0.1) is 0 Å². The lowest BCUT2D eigenvalue weighted by molar-refractivity contribution is -0.138. The molecule has 0 radical (unpaired) electrons. The lowest BCUT2D eigenvalue weighted by Gasteiger charge is -2.29. The topological polar surface area (TPSA) is 101 Å². The highest BCUT2D eigenvalue weighted by Gasteiger charge is 2.38. The Morgan fingerprint density at radius 2 is 1.62 bits per heavy atom. The molecule has 0 heterocycles. The lowest BCUT2D eigenvalue weighted by atomic mass is 9.99. The van der Waals surface area contributed by atoms with Crippen molar-refractivity contribution in [2.24, 2.45) is 0 Å². The van der Waals surface area contributed by atoms with E-state index in [1.165, 1.54) is 18.2 Å². The van der Waals surface area contributed by atoms with Gasteiger partial charge in [-0.3, -0.25) is 4.79 Å². The molecule has 1 N–H and O–H groups in total. The molecule has 7 nitrogen and oxygen atoms in total. The predicted molar refractivity (Wildman–Crippen MR) is 111 cm³/mol. The number of halogens is 1. The zero-order valence-electron chi connectivity index (χ0n) is 16.2. The van der Waals surface area contributed by atoms with Gasteiger partial charge in [0.05, 0.1) is 6.54 Å². The van der Waals surface area contributed by atoms with Crippen LogP contribution in [0.4, 0.5) is 4.79 Å². The van der Waals surface area contributed by atoms with Crippen LogP contribution in [-0.4, -0.2) is 42.0 Å². The number of amides is 1. The molecule has 0 aliphatic carbocycles. The summed E-state index contributed by atoms with van der Waals surface area (Å²) in [6.07, 6.45) is -1.14. The summed E-state index contributed by atoms with van der Waals surface area (Å²) in [7, 11) is -4.39. The molecule has 9 heteroatoms. The third kappa shape index (κ3) is 5.80. The van der Waals surface area contributed by atoms with Crippen molar-refractivity contribution >= 4 is 38.0 Å². The summed E-state index contributed by atoms with van der Waals surface area (Å²) in [5.74, 6) is -2.52. The van der Waals surface area contributed by atoms with Gasteiger partial charge in [0, 0.05) is 4.47 Å². The minimum Gasteiger partial charge on any atom is -0.481 e. The van der Waals surface area contributed by atoms with E-state index in [2.05, 4.69) is 15.9 Å². The molecule has 0 aliphatic heterocycles. The Morgan fingerprint density at radius 3 is 2.14 bits per heavy atom. The average molecular weight is 484 g/mol. The Morgan fingerprint density at radius 1 is 1.07 bits per heavy atom. The van der Waals surface area contributed by atoms with Crippen molar-refractivity contribution < 1.29 is 27.9 Å². The number of rotatable bonds is 6. The van der Waals surface area contributed by atoms with Gasteiger partial charge < -0.3 is 9.84 Å². The standard InChI is InChI=1S/C20H22BrNO6S/c1-20(2,3)28-19(25)22(29(26,27)17-12-8-7-11-16(17)21)13-15(18(23)24)14-9-5-4-6-10-14/h4-12,15H,13H2,1-3H3,(H,23,24)/t15-/m0/s1. The number of hydrogen-bond acceptors (Lipinski definition) is 5. The Hall–Kier alpha value is -2.39. The van der Waals surface area contributed by atoms with Gasteiger partial charge in [-0.25, -0.2) is 13.2 Å². The van der Waals surface area contributed by atoms with E-state index in [0.29, 0.717) is 9.87 Å². The third-order valence-electron chi connectivity index (χ3n) is 3.85. The van der Waals surface area contributed by atoms with Crippen LogP contribution in [0.2, 0.25) is 0 Å². The molecule has 0 fully saturated rings. The van der Waals surface area contributed by atoms with Crippen LogP contribution in [-0.2, 0) is 19.6 Å². The second-order valence-electron chi connectivity index (χ2n) is 7.25. The number of sulfonamides is 1. The van der Waals surface area contributed by atoms with E-state index in [4.69, 9.17) is 4.74 Å². The zero-order valence-corrected chi connectivity index (χ0v) is 18.6. The first-order chi connectivity index (χ1) is 13.4. The van der Waals surface area contributed by atoms with Crippen LogP contribution >= 0.6 is 15.9 Å². The number of benzene rings is 2. The Bertz CT molecular complexity index is 986. The minimum atomic E-state index is -4.39. The maximum absolute atomic E-state index is 13.3. The third-order valence-corrected chi connectivity index (χ3v) is 6.59. The summed E-state index contributed by atoms with van der Waals surface area (Å²) in [6, 6.07) is 14.1. The maximum atomic E-state index is 13.3. The van der Waals surface area contributed by atoms with Gasteiger partial charge >= 0.3 is 12.1 Å². The summed E-state index contributed by atoms with van der Waals surface area (Å²) in [4.78, 5) is 24.5. The van der Waals surface area contributed by atoms with Gasteiger partial charge in [0.15, 0.2) is 0 Å². The predicted octanol–water partition coefficient (Wildman–Crippen LogP) is 4.24. The van der Waals surface area contributed by atoms with Crippen molar-refractivity contribution in [2.75, 3.05) is 6.54 Å². The molecule has 0 saturated carbocycles. The Balaban J connectivity index is 2.54. The van der Waals surface area contributed by atoms with Crippen LogP contribution in [0, 0.1) is 0 Å². The molecule has 1 amide bonds. The first kappa shape index (κ1) is 22.9. The van der Waals surface area contributed by atoms with Crippen LogP contribution in [0.15, 0.2) is 64.0 Å². The zero-order chi connectivity index (χ0) is 21.8. The fourth-order valence-corrected chi connectivity index (χ4v) is 4.81. The lowest BCUT2D eigenvalue weighted by Crippen LogP contribution is -2.44. The van der Waals surface area contributed by atoms with Crippen molar-refractivity contribution in [3.63, 3.8) is 0 Å². The SMILES string of the molecule is CC(C)(C)OC(=O)N(C[C@H](C(=O)O)c1ccccc1)S(=O)(=O)c1ccccc1Br. The van der Waals surface area contributed by atoms with Crippen molar-refractivity contribution in [2.45, 2.75) is 37.2 Å². The Kier molecular flexibility index (Phi) is 7.07. The van der Waals surface area contributed by atoms with Gasteiger partial charge in [0.25, 0.3) is 10.0 Å². The number of carboxylic acid groups (broad SMARTS) is 1. The number of carbonyl (C=O) groups excluding carboxylic acids is 1. The summed E-state index contributed by atoms with van der Waals surface area (Å²) in [6.45, 7) is 4.18. The molecule has 0 bridgehead atoms. The number of carbonyl (C=O) groups is 2. The van der Waals surface area contributed by atoms with Crippen molar-refractivity contribution in [1.82, 2.24) is 4.31 Å². The molecule has 2 aromatic rings. The number of carboxylic acids is 1. The number of aliphatic carboxylic acids is 1. The van der Waals surface area contributed by atoms with E-state index in [9.17, 15) is 23.1 Å². The minimum absolute atomic E-state index is 0.164. The first-order valence-corrected chi connectivity index (χ1v) is 10.9. The molecular formula is C20H22BrNO6S. The molecule has 2 aromatic carbocycles. The monoisotopic (exact) mass is 483 g/mol. The molecular weight excluding hydrogens is 462 g/mol. The van der Waals surface area contributed by atoms with E-state index in [-0.39, 0.29) is 9.37 Å². The molecule has 0 saturated heterocycles. The molecule has 156 valence electrons. The number of ether oxygens (including phenoxy) is 1. The van der Waals surface area contributed by atoms with Crippen LogP contribution < -0.4 is 0 Å². The highest BCUT2D eigenvalue weighted by Crippen LogP contribution is 2.28. The fourth-order valence-electron chi connectivity index (χ4n) is 2.53. The highest BCUT2D eigenvalue weighted by molar-refractivity contribution is 9.10.